The lowest BCUT2D eigenvalue weighted by atomic mass is 10.2. The molecule has 34 heavy (non-hydrogen) atoms. The molecule has 170 valence electrons. The highest BCUT2D eigenvalue weighted by molar-refractivity contribution is 5.87. The summed E-state index contributed by atoms with van der Waals surface area (Å²) in [7, 11) is 0. The van der Waals surface area contributed by atoms with Crippen LogP contribution in [-0.4, -0.2) is 55.8 Å². The predicted molar refractivity (Wildman–Crippen MR) is 131 cm³/mol. The molecular weight excluding hydrogens is 430 g/mol. The lowest BCUT2D eigenvalue weighted by molar-refractivity contribution is 0.122. The zero-order chi connectivity index (χ0) is 22.7. The Morgan fingerprint density at radius 1 is 0.853 bits per heavy atom. The maximum atomic E-state index is 5.44. The number of morpholine rings is 1. The van der Waals surface area contributed by atoms with Crippen LogP contribution in [0.15, 0.2) is 73.6 Å². The largest absolute Gasteiger partial charge is 0.378 e. The van der Waals surface area contributed by atoms with Crippen molar-refractivity contribution in [1.29, 1.82) is 0 Å². The van der Waals surface area contributed by atoms with Gasteiger partial charge in [-0.15, -0.1) is 0 Å². The minimum Gasteiger partial charge on any atom is -0.378 e. The Kier molecular flexibility index (Phi) is 5.24. The molecule has 1 fully saturated rings. The fourth-order valence-electron chi connectivity index (χ4n) is 3.96. The fraction of sp³-hybridized carbons (Fsp3) is 0.167. The van der Waals surface area contributed by atoms with Crippen molar-refractivity contribution in [2.75, 3.05) is 41.8 Å². The van der Waals surface area contributed by atoms with Gasteiger partial charge in [-0.05, 0) is 48.5 Å². The molecule has 2 aromatic carbocycles. The fourth-order valence-corrected chi connectivity index (χ4v) is 3.96. The number of imidazole rings is 2. The molecule has 0 aliphatic carbocycles. The second-order valence-corrected chi connectivity index (χ2v) is 7.92. The molecule has 0 amide bonds. The van der Waals surface area contributed by atoms with Crippen molar-refractivity contribution in [3.05, 3.63) is 73.6 Å². The second kappa shape index (κ2) is 8.83. The topological polar surface area (TPSA) is 109 Å². The van der Waals surface area contributed by atoms with Crippen LogP contribution in [0, 0.1) is 0 Å². The van der Waals surface area contributed by atoms with Crippen molar-refractivity contribution in [1.82, 2.24) is 29.5 Å². The van der Waals surface area contributed by atoms with E-state index in [1.54, 1.807) is 12.5 Å². The lowest BCUT2D eigenvalue weighted by Crippen LogP contribution is -2.36. The Balaban J connectivity index is 1.19. The van der Waals surface area contributed by atoms with Crippen molar-refractivity contribution in [2.45, 2.75) is 0 Å². The molecule has 1 aliphatic heterocycles. The molecule has 4 heterocycles. The van der Waals surface area contributed by atoms with E-state index >= 15 is 0 Å². The minimum atomic E-state index is 0.583. The van der Waals surface area contributed by atoms with Crippen LogP contribution >= 0.6 is 0 Å². The average Bonchev–Trinajstić information content (AvgIpc) is 3.56. The van der Waals surface area contributed by atoms with E-state index in [-0.39, 0.29) is 0 Å². The molecule has 3 aromatic heterocycles. The van der Waals surface area contributed by atoms with E-state index in [0.717, 1.165) is 48.9 Å². The Hall–Kier alpha value is -4.44. The molecule has 3 N–H and O–H groups in total. The summed E-state index contributed by atoms with van der Waals surface area (Å²) in [6, 6.07) is 16.3. The number of nitrogens with one attached hydrogen (secondary N) is 3. The molecule has 0 radical (unpaired) electrons. The Labute approximate surface area is 195 Å². The number of aromatic nitrogens is 6. The molecule has 0 unspecified atom stereocenters. The standard InChI is InChI=1S/C24H23N9O/c1-5-19(32-11-13-34-14-12-32)6-2-17(1)28-22-21-23(27-15-26-22)31-24(30-21)29-18-3-7-20(8-4-18)33-10-9-25-16-33/h1-10,15-16H,11-14H2,(H3,26,27,28,29,30,31). The minimum absolute atomic E-state index is 0.583. The zero-order valence-corrected chi connectivity index (χ0v) is 18.3. The first kappa shape index (κ1) is 20.2. The second-order valence-electron chi connectivity index (χ2n) is 7.92. The van der Waals surface area contributed by atoms with Crippen LogP contribution in [0.2, 0.25) is 0 Å². The van der Waals surface area contributed by atoms with E-state index in [1.807, 2.05) is 35.0 Å². The van der Waals surface area contributed by atoms with Gasteiger partial charge in [-0.25, -0.2) is 15.0 Å². The van der Waals surface area contributed by atoms with Gasteiger partial charge in [0, 0.05) is 48.2 Å². The summed E-state index contributed by atoms with van der Waals surface area (Å²) in [5.41, 5.74) is 5.39. The van der Waals surface area contributed by atoms with Crippen LogP contribution in [0.3, 0.4) is 0 Å². The first-order valence-electron chi connectivity index (χ1n) is 11.1. The monoisotopic (exact) mass is 453 g/mol. The third kappa shape index (κ3) is 4.14. The van der Waals surface area contributed by atoms with Crippen molar-refractivity contribution in [3.8, 4) is 5.69 Å². The number of anilines is 5. The van der Waals surface area contributed by atoms with Gasteiger partial charge in [-0.3, -0.25) is 0 Å². The zero-order valence-electron chi connectivity index (χ0n) is 18.3. The van der Waals surface area contributed by atoms with Gasteiger partial charge in [0.15, 0.2) is 11.5 Å². The first-order valence-corrected chi connectivity index (χ1v) is 11.1. The van der Waals surface area contributed by atoms with Crippen LogP contribution in [0.4, 0.5) is 28.8 Å². The molecule has 0 spiro atoms. The molecule has 10 nitrogen and oxygen atoms in total. The molecule has 0 atom stereocenters. The molecule has 0 saturated carbocycles. The van der Waals surface area contributed by atoms with E-state index in [0.29, 0.717) is 17.4 Å². The molecule has 1 aliphatic rings. The summed E-state index contributed by atoms with van der Waals surface area (Å²) in [6.07, 6.45) is 6.94. The molecule has 5 aromatic rings. The predicted octanol–water partition coefficient (Wildman–Crippen LogP) is 3.86. The summed E-state index contributed by atoms with van der Waals surface area (Å²) < 4.78 is 7.39. The normalized spacial score (nSPS) is 13.8. The van der Waals surface area contributed by atoms with Crippen LogP contribution in [0.1, 0.15) is 0 Å². The summed E-state index contributed by atoms with van der Waals surface area (Å²) in [4.78, 5) is 23.0. The van der Waals surface area contributed by atoms with Gasteiger partial charge >= 0.3 is 0 Å². The van der Waals surface area contributed by atoms with Crippen LogP contribution in [0.5, 0.6) is 0 Å². The Morgan fingerprint density at radius 2 is 1.59 bits per heavy atom. The van der Waals surface area contributed by atoms with Crippen LogP contribution in [-0.2, 0) is 4.74 Å². The number of hydrogen-bond acceptors (Lipinski definition) is 8. The highest BCUT2D eigenvalue weighted by Gasteiger charge is 2.13. The van der Waals surface area contributed by atoms with E-state index in [1.165, 1.54) is 12.0 Å². The van der Waals surface area contributed by atoms with E-state index < -0.39 is 0 Å². The summed E-state index contributed by atoms with van der Waals surface area (Å²) in [5.74, 6) is 1.26. The van der Waals surface area contributed by atoms with Crippen molar-refractivity contribution >= 4 is 40.0 Å². The summed E-state index contributed by atoms with van der Waals surface area (Å²) in [6.45, 7) is 3.36. The van der Waals surface area contributed by atoms with E-state index in [4.69, 9.17) is 4.74 Å². The lowest BCUT2D eigenvalue weighted by Gasteiger charge is -2.28. The van der Waals surface area contributed by atoms with E-state index in [9.17, 15) is 0 Å². The van der Waals surface area contributed by atoms with Gasteiger partial charge in [0.05, 0.1) is 19.5 Å². The number of fused-ring (bicyclic) bond motifs is 1. The van der Waals surface area contributed by atoms with Gasteiger partial charge in [0.1, 0.15) is 11.8 Å². The maximum absolute atomic E-state index is 5.44. The van der Waals surface area contributed by atoms with Gasteiger partial charge in [-0.2, -0.15) is 4.98 Å². The van der Waals surface area contributed by atoms with Gasteiger partial charge < -0.3 is 29.8 Å². The molecule has 10 heteroatoms. The summed E-state index contributed by atoms with van der Waals surface area (Å²) in [5, 5.41) is 6.67. The quantitative estimate of drug-likeness (QED) is 0.356. The number of nitrogens with zero attached hydrogens (tertiary/aromatic N) is 6. The van der Waals surface area contributed by atoms with Gasteiger partial charge in [0.2, 0.25) is 5.95 Å². The third-order valence-electron chi connectivity index (χ3n) is 5.73. The van der Waals surface area contributed by atoms with E-state index in [2.05, 4.69) is 64.7 Å². The molecule has 6 rings (SSSR count). The van der Waals surface area contributed by atoms with Crippen LogP contribution < -0.4 is 15.5 Å². The Morgan fingerprint density at radius 3 is 2.32 bits per heavy atom. The highest BCUT2D eigenvalue weighted by Crippen LogP contribution is 2.26. The van der Waals surface area contributed by atoms with Crippen molar-refractivity contribution in [3.63, 3.8) is 0 Å². The maximum Gasteiger partial charge on any atom is 0.207 e. The SMILES string of the molecule is c1cn(-c2ccc(Nc3nc4ncnc(Nc5ccc(N6CCOCC6)cc5)c4[nH]3)cc2)cn1. The number of aromatic amines is 1. The summed E-state index contributed by atoms with van der Waals surface area (Å²) >= 11 is 0. The number of rotatable bonds is 6. The molecular formula is C24H23N9O. The van der Waals surface area contributed by atoms with Gasteiger partial charge in [-0.1, -0.05) is 0 Å². The number of hydrogen-bond donors (Lipinski definition) is 3. The third-order valence-corrected chi connectivity index (χ3v) is 5.73. The number of benzene rings is 2. The highest BCUT2D eigenvalue weighted by atomic mass is 16.5. The number of H-pyrrole nitrogens is 1. The number of ether oxygens (including phenoxy) is 1. The van der Waals surface area contributed by atoms with Crippen molar-refractivity contribution < 1.29 is 4.74 Å². The molecule has 1 saturated heterocycles. The van der Waals surface area contributed by atoms with Crippen LogP contribution in [0.25, 0.3) is 16.9 Å². The first-order chi connectivity index (χ1) is 16.8. The van der Waals surface area contributed by atoms with Gasteiger partial charge in [0.25, 0.3) is 0 Å². The Bertz CT molecular complexity index is 1370. The molecule has 0 bridgehead atoms. The van der Waals surface area contributed by atoms with Crippen molar-refractivity contribution in [2.24, 2.45) is 0 Å². The smallest absolute Gasteiger partial charge is 0.207 e. The average molecular weight is 454 g/mol.